The van der Waals surface area contributed by atoms with Crippen molar-refractivity contribution >= 4 is 16.9 Å². The summed E-state index contributed by atoms with van der Waals surface area (Å²) in [6.45, 7) is 4.24. The second kappa shape index (κ2) is 5.86. The Kier molecular flexibility index (Phi) is 3.65. The maximum absolute atomic E-state index is 12.7. The second-order valence-corrected chi connectivity index (χ2v) is 6.35. The van der Waals surface area contributed by atoms with Crippen LogP contribution in [0.3, 0.4) is 0 Å². The van der Waals surface area contributed by atoms with E-state index in [1.165, 1.54) is 6.26 Å². The summed E-state index contributed by atoms with van der Waals surface area (Å²) in [6, 6.07) is 7.15. The lowest BCUT2D eigenvalue weighted by Crippen LogP contribution is -2.34. The molecule has 0 saturated carbocycles. The first kappa shape index (κ1) is 15.6. The minimum absolute atomic E-state index is 0.0183. The van der Waals surface area contributed by atoms with Gasteiger partial charge in [-0.15, -0.1) is 0 Å². The maximum Gasteiger partial charge on any atom is 0.356 e. The van der Waals surface area contributed by atoms with Crippen LogP contribution in [0.1, 0.15) is 27.3 Å². The molecular formula is C18H17N3O4. The summed E-state index contributed by atoms with van der Waals surface area (Å²) in [7, 11) is 0. The zero-order chi connectivity index (χ0) is 17.6. The standard InChI is InChI=1S/C18H17N3O4/c1-11-2-3-16-14(6-11)17(22)12(10-25-16)8-20-4-5-21-13(9-20)7-15(19-21)18(23)24/h2-3,6-7,10H,4-5,8-9H2,1H3,(H,23,24). The van der Waals surface area contributed by atoms with Gasteiger partial charge in [-0.05, 0) is 25.1 Å². The highest BCUT2D eigenvalue weighted by Crippen LogP contribution is 2.18. The smallest absolute Gasteiger partial charge is 0.356 e. The Morgan fingerprint density at radius 1 is 1.32 bits per heavy atom. The minimum atomic E-state index is -1.03. The first-order valence-electron chi connectivity index (χ1n) is 8.04. The Bertz CT molecular complexity index is 1030. The summed E-state index contributed by atoms with van der Waals surface area (Å²) >= 11 is 0. The van der Waals surface area contributed by atoms with E-state index in [-0.39, 0.29) is 11.1 Å². The van der Waals surface area contributed by atoms with Crippen molar-refractivity contribution in [1.29, 1.82) is 0 Å². The highest BCUT2D eigenvalue weighted by Gasteiger charge is 2.21. The van der Waals surface area contributed by atoms with E-state index in [0.717, 1.165) is 11.3 Å². The molecular weight excluding hydrogens is 322 g/mol. The lowest BCUT2D eigenvalue weighted by molar-refractivity contribution is 0.0689. The lowest BCUT2D eigenvalue weighted by Gasteiger charge is -2.27. The molecule has 1 aliphatic heterocycles. The summed E-state index contributed by atoms with van der Waals surface area (Å²) in [5.74, 6) is -1.03. The van der Waals surface area contributed by atoms with Gasteiger partial charge in [0.15, 0.2) is 11.1 Å². The molecule has 7 nitrogen and oxygen atoms in total. The van der Waals surface area contributed by atoms with Crippen molar-refractivity contribution in [2.75, 3.05) is 6.54 Å². The monoisotopic (exact) mass is 339 g/mol. The van der Waals surface area contributed by atoms with Crippen LogP contribution in [0.5, 0.6) is 0 Å². The summed E-state index contributed by atoms with van der Waals surface area (Å²) in [4.78, 5) is 25.8. The first-order chi connectivity index (χ1) is 12.0. The average molecular weight is 339 g/mol. The molecule has 0 radical (unpaired) electrons. The molecule has 0 bridgehead atoms. The molecule has 4 rings (SSSR count). The molecule has 1 N–H and O–H groups in total. The summed E-state index contributed by atoms with van der Waals surface area (Å²) in [6.07, 6.45) is 1.52. The molecule has 3 aromatic rings. The van der Waals surface area contributed by atoms with Crippen molar-refractivity contribution in [2.24, 2.45) is 0 Å². The van der Waals surface area contributed by atoms with Gasteiger partial charge in [-0.3, -0.25) is 14.4 Å². The van der Waals surface area contributed by atoms with Gasteiger partial charge in [0.1, 0.15) is 5.58 Å². The fraction of sp³-hybridized carbons (Fsp3) is 0.278. The highest BCUT2D eigenvalue weighted by atomic mass is 16.4. The highest BCUT2D eigenvalue weighted by molar-refractivity contribution is 5.85. The Hall–Kier alpha value is -2.93. The van der Waals surface area contributed by atoms with Gasteiger partial charge in [-0.1, -0.05) is 11.6 Å². The van der Waals surface area contributed by atoms with Gasteiger partial charge in [-0.25, -0.2) is 4.79 Å². The number of aromatic carboxylic acids is 1. The third-order valence-electron chi connectivity index (χ3n) is 4.49. The lowest BCUT2D eigenvalue weighted by atomic mass is 10.1. The fourth-order valence-corrected chi connectivity index (χ4v) is 3.20. The number of aromatic nitrogens is 2. The molecule has 1 aromatic carbocycles. The Morgan fingerprint density at radius 2 is 2.16 bits per heavy atom. The number of aryl methyl sites for hydroxylation is 1. The molecule has 0 spiro atoms. The quantitative estimate of drug-likeness (QED) is 0.785. The summed E-state index contributed by atoms with van der Waals surface area (Å²) in [5.41, 5.74) is 3.07. The third-order valence-corrected chi connectivity index (χ3v) is 4.49. The van der Waals surface area contributed by atoms with Gasteiger partial charge in [0.2, 0.25) is 0 Å². The number of benzene rings is 1. The number of carboxylic acids is 1. The molecule has 3 heterocycles. The van der Waals surface area contributed by atoms with E-state index in [0.29, 0.717) is 42.7 Å². The minimum Gasteiger partial charge on any atom is -0.476 e. The molecule has 0 saturated heterocycles. The van der Waals surface area contributed by atoms with Crippen molar-refractivity contribution in [3.05, 3.63) is 63.3 Å². The molecule has 1 aliphatic rings. The second-order valence-electron chi connectivity index (χ2n) is 6.35. The number of hydrogen-bond donors (Lipinski definition) is 1. The van der Waals surface area contributed by atoms with Crippen LogP contribution in [0.15, 0.2) is 39.7 Å². The first-order valence-corrected chi connectivity index (χ1v) is 8.04. The van der Waals surface area contributed by atoms with E-state index in [9.17, 15) is 9.59 Å². The number of fused-ring (bicyclic) bond motifs is 2. The molecule has 7 heteroatoms. The number of nitrogens with zero attached hydrogens (tertiary/aromatic N) is 3. The van der Waals surface area contributed by atoms with Gasteiger partial charge < -0.3 is 9.52 Å². The van der Waals surface area contributed by atoms with Crippen LogP contribution < -0.4 is 5.43 Å². The SMILES string of the molecule is Cc1ccc2occ(CN3CCn4nc(C(=O)O)cc4C3)c(=O)c2c1. The number of carbonyl (C=O) groups is 1. The number of carboxylic acid groups (broad SMARTS) is 1. The van der Waals surface area contributed by atoms with Gasteiger partial charge in [0, 0.05) is 25.2 Å². The van der Waals surface area contributed by atoms with Crippen LogP contribution in [0.4, 0.5) is 0 Å². The van der Waals surface area contributed by atoms with Crippen molar-refractivity contribution < 1.29 is 14.3 Å². The zero-order valence-electron chi connectivity index (χ0n) is 13.7. The van der Waals surface area contributed by atoms with Crippen molar-refractivity contribution in [3.8, 4) is 0 Å². The van der Waals surface area contributed by atoms with Crippen molar-refractivity contribution in [1.82, 2.24) is 14.7 Å². The number of hydrogen-bond acceptors (Lipinski definition) is 5. The Labute approximate surface area is 143 Å². The van der Waals surface area contributed by atoms with Crippen molar-refractivity contribution in [3.63, 3.8) is 0 Å². The van der Waals surface area contributed by atoms with Crippen LogP contribution in [0, 0.1) is 6.92 Å². The van der Waals surface area contributed by atoms with Crippen LogP contribution in [0.25, 0.3) is 11.0 Å². The van der Waals surface area contributed by atoms with Gasteiger partial charge in [0.25, 0.3) is 0 Å². The largest absolute Gasteiger partial charge is 0.476 e. The molecule has 0 amide bonds. The van der Waals surface area contributed by atoms with E-state index >= 15 is 0 Å². The van der Waals surface area contributed by atoms with Crippen molar-refractivity contribution in [2.45, 2.75) is 26.6 Å². The van der Waals surface area contributed by atoms with E-state index in [1.807, 2.05) is 25.1 Å². The zero-order valence-corrected chi connectivity index (χ0v) is 13.7. The molecule has 25 heavy (non-hydrogen) atoms. The van der Waals surface area contributed by atoms with Crippen LogP contribution in [-0.2, 0) is 19.6 Å². The fourth-order valence-electron chi connectivity index (χ4n) is 3.20. The number of rotatable bonds is 3. The van der Waals surface area contributed by atoms with Gasteiger partial charge >= 0.3 is 5.97 Å². The van der Waals surface area contributed by atoms with Crippen LogP contribution in [0.2, 0.25) is 0 Å². The average Bonchev–Trinajstić information content (AvgIpc) is 3.01. The van der Waals surface area contributed by atoms with E-state index < -0.39 is 5.97 Å². The van der Waals surface area contributed by atoms with E-state index in [2.05, 4.69) is 10.00 Å². The van der Waals surface area contributed by atoms with Gasteiger partial charge in [0.05, 0.1) is 23.9 Å². The predicted molar refractivity (Wildman–Crippen MR) is 90.5 cm³/mol. The molecule has 0 aliphatic carbocycles. The molecule has 0 unspecified atom stereocenters. The predicted octanol–water partition coefficient (Wildman–Crippen LogP) is 2.01. The molecule has 128 valence electrons. The Morgan fingerprint density at radius 3 is 2.96 bits per heavy atom. The molecule has 0 atom stereocenters. The molecule has 0 fully saturated rings. The molecule has 2 aromatic heterocycles. The van der Waals surface area contributed by atoms with E-state index in [1.54, 1.807) is 10.7 Å². The summed E-state index contributed by atoms with van der Waals surface area (Å²) in [5, 5.41) is 13.7. The third kappa shape index (κ3) is 2.83. The maximum atomic E-state index is 12.7. The van der Waals surface area contributed by atoms with Crippen LogP contribution in [-0.4, -0.2) is 32.3 Å². The topological polar surface area (TPSA) is 88.6 Å². The summed E-state index contributed by atoms with van der Waals surface area (Å²) < 4.78 is 7.32. The van der Waals surface area contributed by atoms with Gasteiger partial charge in [-0.2, -0.15) is 5.10 Å². The normalized spacial score (nSPS) is 14.6. The van der Waals surface area contributed by atoms with E-state index in [4.69, 9.17) is 9.52 Å². The Balaban J connectivity index is 1.60. The van der Waals surface area contributed by atoms with Crippen LogP contribution >= 0.6 is 0 Å².